The highest BCUT2D eigenvalue weighted by atomic mass is 16.4. The number of aromatic carboxylic acids is 1. The first-order valence-corrected chi connectivity index (χ1v) is 5.09. The van der Waals surface area contributed by atoms with E-state index in [1.165, 1.54) is 4.68 Å². The summed E-state index contributed by atoms with van der Waals surface area (Å²) in [6.07, 6.45) is 1.65. The van der Waals surface area contributed by atoms with Crippen LogP contribution in [0, 0.1) is 0 Å². The lowest BCUT2D eigenvalue weighted by Crippen LogP contribution is -2.00. The molecular weight excluding hydrogens is 220 g/mol. The second kappa shape index (κ2) is 4.39. The number of aliphatic hydroxyl groups is 1. The van der Waals surface area contributed by atoms with E-state index in [-0.39, 0.29) is 12.3 Å². The highest BCUT2D eigenvalue weighted by molar-refractivity contribution is 5.93. The number of aryl methyl sites for hydroxylation is 1. The zero-order chi connectivity index (χ0) is 12.4. The molecule has 5 heteroatoms. The molecule has 2 rings (SSSR count). The number of hydrogen-bond donors (Lipinski definition) is 2. The molecule has 0 atom stereocenters. The lowest BCUT2D eigenvalue weighted by atomic mass is 10.0. The fourth-order valence-corrected chi connectivity index (χ4v) is 1.69. The molecule has 0 unspecified atom stereocenters. The first-order valence-electron chi connectivity index (χ1n) is 5.09. The van der Waals surface area contributed by atoms with Crippen LogP contribution in [0.25, 0.3) is 11.1 Å². The number of carboxylic acids is 1. The first-order chi connectivity index (χ1) is 8.11. The summed E-state index contributed by atoms with van der Waals surface area (Å²) in [6, 6.07) is 7.10. The molecule has 2 aromatic rings. The summed E-state index contributed by atoms with van der Waals surface area (Å²) in [5, 5.41) is 22.0. The molecular formula is C12H12N2O3. The third-order valence-corrected chi connectivity index (χ3v) is 2.45. The van der Waals surface area contributed by atoms with Crippen molar-refractivity contribution in [1.82, 2.24) is 9.78 Å². The Hall–Kier alpha value is -2.14. The molecule has 0 saturated carbocycles. The number of nitrogens with zero attached hydrogens (tertiary/aromatic N) is 2. The number of aliphatic hydroxyl groups excluding tert-OH is 1. The Kier molecular flexibility index (Phi) is 2.93. The topological polar surface area (TPSA) is 75.4 Å². The SMILES string of the molecule is Cn1cc(-c2cccc(CO)c2)c(C(=O)O)n1. The summed E-state index contributed by atoms with van der Waals surface area (Å²) in [7, 11) is 1.67. The van der Waals surface area contributed by atoms with Crippen molar-refractivity contribution in [3.8, 4) is 11.1 Å². The molecule has 1 heterocycles. The van der Waals surface area contributed by atoms with E-state index < -0.39 is 5.97 Å². The van der Waals surface area contributed by atoms with Crippen LogP contribution in [0.1, 0.15) is 16.1 Å². The van der Waals surface area contributed by atoms with E-state index in [1.54, 1.807) is 37.5 Å². The monoisotopic (exact) mass is 232 g/mol. The molecule has 0 amide bonds. The molecule has 0 aliphatic heterocycles. The average molecular weight is 232 g/mol. The summed E-state index contributed by atoms with van der Waals surface area (Å²) >= 11 is 0. The molecule has 0 radical (unpaired) electrons. The van der Waals surface area contributed by atoms with Gasteiger partial charge in [0.2, 0.25) is 0 Å². The predicted octanol–water partition coefficient (Wildman–Crippen LogP) is 1.28. The standard InChI is InChI=1S/C12H12N2O3/c1-14-6-10(11(13-14)12(16)17)9-4-2-3-8(5-9)7-15/h2-6,15H,7H2,1H3,(H,16,17). The van der Waals surface area contributed by atoms with Gasteiger partial charge >= 0.3 is 5.97 Å². The highest BCUT2D eigenvalue weighted by Crippen LogP contribution is 2.23. The number of aromatic nitrogens is 2. The van der Waals surface area contributed by atoms with Crippen molar-refractivity contribution in [2.24, 2.45) is 7.05 Å². The highest BCUT2D eigenvalue weighted by Gasteiger charge is 2.16. The summed E-state index contributed by atoms with van der Waals surface area (Å²) in [5.41, 5.74) is 2.04. The molecule has 5 nitrogen and oxygen atoms in total. The van der Waals surface area contributed by atoms with E-state index in [2.05, 4.69) is 5.10 Å². The number of benzene rings is 1. The molecule has 0 bridgehead atoms. The summed E-state index contributed by atoms with van der Waals surface area (Å²) in [5.74, 6) is -1.06. The van der Waals surface area contributed by atoms with Gasteiger partial charge in [0.05, 0.1) is 6.61 Å². The van der Waals surface area contributed by atoms with Gasteiger partial charge in [0.15, 0.2) is 5.69 Å². The number of hydrogen-bond acceptors (Lipinski definition) is 3. The fraction of sp³-hybridized carbons (Fsp3) is 0.167. The molecule has 0 fully saturated rings. The van der Waals surface area contributed by atoms with Crippen LogP contribution in [0.15, 0.2) is 30.5 Å². The van der Waals surface area contributed by atoms with Crippen LogP contribution in [-0.4, -0.2) is 26.0 Å². The largest absolute Gasteiger partial charge is 0.476 e. The van der Waals surface area contributed by atoms with Crippen LogP contribution >= 0.6 is 0 Å². The first kappa shape index (κ1) is 11.3. The Morgan fingerprint density at radius 3 is 2.88 bits per heavy atom. The maximum atomic E-state index is 11.0. The summed E-state index contributed by atoms with van der Waals surface area (Å²) in [4.78, 5) is 11.0. The van der Waals surface area contributed by atoms with Crippen molar-refractivity contribution in [3.05, 3.63) is 41.7 Å². The molecule has 17 heavy (non-hydrogen) atoms. The maximum absolute atomic E-state index is 11.0. The lowest BCUT2D eigenvalue weighted by Gasteiger charge is -2.01. The molecule has 2 N–H and O–H groups in total. The zero-order valence-corrected chi connectivity index (χ0v) is 9.29. The minimum Gasteiger partial charge on any atom is -0.476 e. The Bertz CT molecular complexity index is 561. The third kappa shape index (κ3) is 2.19. The van der Waals surface area contributed by atoms with Gasteiger partial charge in [0.25, 0.3) is 0 Å². The average Bonchev–Trinajstić information content (AvgIpc) is 2.72. The zero-order valence-electron chi connectivity index (χ0n) is 9.29. The maximum Gasteiger partial charge on any atom is 0.357 e. The van der Waals surface area contributed by atoms with Gasteiger partial charge in [0, 0.05) is 18.8 Å². The Morgan fingerprint density at radius 1 is 1.47 bits per heavy atom. The Morgan fingerprint density at radius 2 is 2.24 bits per heavy atom. The van der Waals surface area contributed by atoms with Crippen molar-refractivity contribution < 1.29 is 15.0 Å². The normalized spacial score (nSPS) is 10.5. The van der Waals surface area contributed by atoms with Gasteiger partial charge in [-0.25, -0.2) is 4.79 Å². The van der Waals surface area contributed by atoms with E-state index in [4.69, 9.17) is 10.2 Å². The van der Waals surface area contributed by atoms with Crippen LogP contribution in [-0.2, 0) is 13.7 Å². The molecule has 0 aliphatic rings. The lowest BCUT2D eigenvalue weighted by molar-refractivity contribution is 0.0690. The van der Waals surface area contributed by atoms with Gasteiger partial charge in [-0.3, -0.25) is 4.68 Å². The van der Waals surface area contributed by atoms with Crippen molar-refractivity contribution in [1.29, 1.82) is 0 Å². The molecule has 1 aromatic carbocycles. The summed E-state index contributed by atoms with van der Waals surface area (Å²) in [6.45, 7) is -0.0729. The van der Waals surface area contributed by atoms with Crippen LogP contribution in [0.2, 0.25) is 0 Å². The van der Waals surface area contributed by atoms with Gasteiger partial charge in [-0.1, -0.05) is 18.2 Å². The van der Waals surface area contributed by atoms with Gasteiger partial charge in [0.1, 0.15) is 0 Å². The van der Waals surface area contributed by atoms with E-state index in [0.717, 1.165) is 11.1 Å². The number of carbonyl (C=O) groups is 1. The van der Waals surface area contributed by atoms with Crippen LogP contribution < -0.4 is 0 Å². The second-order valence-corrected chi connectivity index (χ2v) is 3.73. The van der Waals surface area contributed by atoms with Crippen molar-refractivity contribution in [2.75, 3.05) is 0 Å². The van der Waals surface area contributed by atoms with Crippen molar-refractivity contribution >= 4 is 5.97 Å². The minimum atomic E-state index is -1.06. The van der Waals surface area contributed by atoms with Crippen molar-refractivity contribution in [2.45, 2.75) is 6.61 Å². The molecule has 0 aliphatic carbocycles. The van der Waals surface area contributed by atoms with E-state index in [9.17, 15) is 4.79 Å². The Balaban J connectivity index is 2.55. The minimum absolute atomic E-state index is 0.0163. The van der Waals surface area contributed by atoms with E-state index in [1.807, 2.05) is 0 Å². The number of carboxylic acid groups (broad SMARTS) is 1. The predicted molar refractivity (Wildman–Crippen MR) is 61.5 cm³/mol. The van der Waals surface area contributed by atoms with Crippen LogP contribution in [0.3, 0.4) is 0 Å². The second-order valence-electron chi connectivity index (χ2n) is 3.73. The Labute approximate surface area is 97.9 Å². The molecule has 88 valence electrons. The third-order valence-electron chi connectivity index (χ3n) is 2.45. The van der Waals surface area contributed by atoms with E-state index >= 15 is 0 Å². The summed E-state index contributed by atoms with van der Waals surface area (Å²) < 4.78 is 1.46. The molecule has 1 aromatic heterocycles. The fourth-order valence-electron chi connectivity index (χ4n) is 1.69. The molecule has 0 saturated heterocycles. The quantitative estimate of drug-likeness (QED) is 0.835. The number of rotatable bonds is 3. The van der Waals surface area contributed by atoms with E-state index in [0.29, 0.717) is 5.56 Å². The van der Waals surface area contributed by atoms with Gasteiger partial charge in [-0.05, 0) is 17.2 Å². The van der Waals surface area contributed by atoms with Crippen LogP contribution in [0.5, 0.6) is 0 Å². The van der Waals surface area contributed by atoms with Crippen molar-refractivity contribution in [3.63, 3.8) is 0 Å². The van der Waals surface area contributed by atoms with Crippen LogP contribution in [0.4, 0.5) is 0 Å². The smallest absolute Gasteiger partial charge is 0.357 e. The van der Waals surface area contributed by atoms with Gasteiger partial charge in [-0.15, -0.1) is 0 Å². The van der Waals surface area contributed by atoms with Gasteiger partial charge < -0.3 is 10.2 Å². The molecule has 0 spiro atoms. The van der Waals surface area contributed by atoms with Gasteiger partial charge in [-0.2, -0.15) is 5.10 Å².